The van der Waals surface area contributed by atoms with Crippen LogP contribution in [0.3, 0.4) is 0 Å². The van der Waals surface area contributed by atoms with Gasteiger partial charge < -0.3 is 9.88 Å². The van der Waals surface area contributed by atoms with Crippen LogP contribution in [0.2, 0.25) is 0 Å². The first-order valence-electron chi connectivity index (χ1n) is 9.23. The molecule has 1 saturated heterocycles. The van der Waals surface area contributed by atoms with Crippen LogP contribution in [-0.4, -0.2) is 45.7 Å². The van der Waals surface area contributed by atoms with Crippen molar-refractivity contribution in [1.82, 2.24) is 19.8 Å². The van der Waals surface area contributed by atoms with Crippen molar-refractivity contribution in [2.45, 2.75) is 76.4 Å². The third kappa shape index (κ3) is 3.90. The number of nitrogens with one attached hydrogen (secondary N) is 1. The minimum atomic E-state index is 0.432. The molecule has 2 fully saturated rings. The Hall–Kier alpha value is -0.870. The highest BCUT2D eigenvalue weighted by atomic mass is 15.2. The van der Waals surface area contributed by atoms with E-state index in [0.717, 1.165) is 13.1 Å². The Morgan fingerprint density at radius 1 is 1.09 bits per heavy atom. The molecule has 0 spiro atoms. The van der Waals surface area contributed by atoms with E-state index in [0.29, 0.717) is 11.6 Å². The summed E-state index contributed by atoms with van der Waals surface area (Å²) in [7, 11) is 0. The summed E-state index contributed by atoms with van der Waals surface area (Å²) >= 11 is 0. The largest absolute Gasteiger partial charge is 0.336 e. The van der Waals surface area contributed by atoms with Gasteiger partial charge in [-0.1, -0.05) is 25.7 Å². The Morgan fingerprint density at radius 3 is 2.50 bits per heavy atom. The van der Waals surface area contributed by atoms with Crippen LogP contribution < -0.4 is 5.32 Å². The van der Waals surface area contributed by atoms with Crippen molar-refractivity contribution in [2.75, 3.05) is 19.6 Å². The van der Waals surface area contributed by atoms with Crippen LogP contribution in [0, 0.1) is 0 Å². The van der Waals surface area contributed by atoms with Crippen molar-refractivity contribution in [1.29, 1.82) is 0 Å². The van der Waals surface area contributed by atoms with E-state index in [1.54, 1.807) is 0 Å². The number of piperidine rings is 1. The minimum Gasteiger partial charge on any atom is -0.336 e. The fraction of sp³-hybridized carbons (Fsp3) is 0.833. The van der Waals surface area contributed by atoms with Crippen LogP contribution in [0.5, 0.6) is 0 Å². The second kappa shape index (κ2) is 7.60. The first-order chi connectivity index (χ1) is 10.8. The summed E-state index contributed by atoms with van der Waals surface area (Å²) in [4.78, 5) is 6.97. The number of hydrogen-bond acceptors (Lipinski definition) is 3. The Kier molecular flexibility index (Phi) is 5.53. The van der Waals surface area contributed by atoms with Crippen molar-refractivity contribution in [3.05, 3.63) is 18.7 Å². The van der Waals surface area contributed by atoms with Crippen LogP contribution in [0.1, 0.15) is 58.3 Å². The Morgan fingerprint density at radius 2 is 1.82 bits per heavy atom. The minimum absolute atomic E-state index is 0.432. The van der Waals surface area contributed by atoms with Crippen LogP contribution in [0.15, 0.2) is 18.7 Å². The highest BCUT2D eigenvalue weighted by molar-refractivity contribution is 4.96. The Balaban J connectivity index is 1.57. The summed E-state index contributed by atoms with van der Waals surface area (Å²) in [6, 6.07) is 0.498. The summed E-state index contributed by atoms with van der Waals surface area (Å²) in [6.07, 6.45) is 17.1. The third-order valence-corrected chi connectivity index (χ3v) is 5.63. The van der Waals surface area contributed by atoms with Crippen LogP contribution >= 0.6 is 0 Å². The molecular weight excluding hydrogens is 272 g/mol. The molecule has 0 aromatic carbocycles. The van der Waals surface area contributed by atoms with Gasteiger partial charge in [0.15, 0.2) is 0 Å². The summed E-state index contributed by atoms with van der Waals surface area (Å²) in [6.45, 7) is 7.10. The highest BCUT2D eigenvalue weighted by Gasteiger charge is 2.38. The summed E-state index contributed by atoms with van der Waals surface area (Å²) in [5, 5.41) is 3.84. The number of imidazole rings is 1. The van der Waals surface area contributed by atoms with Gasteiger partial charge in [0.25, 0.3) is 0 Å². The van der Waals surface area contributed by atoms with Crippen molar-refractivity contribution in [3.8, 4) is 0 Å². The average Bonchev–Trinajstić information content (AvgIpc) is 3.08. The van der Waals surface area contributed by atoms with Gasteiger partial charge in [0.05, 0.1) is 6.33 Å². The molecule has 1 aliphatic heterocycles. The first kappa shape index (κ1) is 16.0. The van der Waals surface area contributed by atoms with Crippen LogP contribution in [0.4, 0.5) is 0 Å². The normalized spacial score (nSPS) is 24.2. The van der Waals surface area contributed by atoms with Gasteiger partial charge >= 0.3 is 0 Å². The maximum atomic E-state index is 4.14. The smallest absolute Gasteiger partial charge is 0.0946 e. The van der Waals surface area contributed by atoms with Gasteiger partial charge in [0.1, 0.15) is 0 Å². The molecule has 1 N–H and O–H groups in total. The molecule has 4 nitrogen and oxygen atoms in total. The third-order valence-electron chi connectivity index (χ3n) is 5.63. The molecule has 1 aliphatic carbocycles. The summed E-state index contributed by atoms with van der Waals surface area (Å²) in [5.41, 5.74) is 0.432. The number of aromatic nitrogens is 2. The van der Waals surface area contributed by atoms with E-state index >= 15 is 0 Å². The molecule has 22 heavy (non-hydrogen) atoms. The predicted octanol–water partition coefficient (Wildman–Crippen LogP) is 3.05. The number of hydrogen-bond donors (Lipinski definition) is 1. The molecule has 4 heteroatoms. The van der Waals surface area contributed by atoms with E-state index in [1.165, 1.54) is 64.5 Å². The zero-order valence-electron chi connectivity index (χ0n) is 14.1. The predicted molar refractivity (Wildman–Crippen MR) is 90.9 cm³/mol. The molecule has 0 unspecified atom stereocenters. The molecule has 1 atom stereocenters. The number of nitrogens with zero attached hydrogens (tertiary/aromatic N) is 3. The molecule has 0 bridgehead atoms. The molecule has 1 aromatic rings. The van der Waals surface area contributed by atoms with E-state index < -0.39 is 0 Å². The van der Waals surface area contributed by atoms with Gasteiger partial charge in [-0.05, 0) is 45.7 Å². The van der Waals surface area contributed by atoms with E-state index in [4.69, 9.17) is 0 Å². The van der Waals surface area contributed by atoms with Crippen molar-refractivity contribution in [2.24, 2.45) is 0 Å². The zero-order chi connectivity index (χ0) is 15.3. The van der Waals surface area contributed by atoms with E-state index in [2.05, 4.69) is 32.9 Å². The van der Waals surface area contributed by atoms with Crippen molar-refractivity contribution >= 4 is 0 Å². The van der Waals surface area contributed by atoms with Gasteiger partial charge in [-0.25, -0.2) is 4.98 Å². The molecule has 0 radical (unpaired) electrons. The molecule has 2 aliphatic rings. The second-order valence-electron chi connectivity index (χ2n) is 7.37. The maximum absolute atomic E-state index is 4.14. The summed E-state index contributed by atoms with van der Waals surface area (Å²) < 4.78 is 2.17. The molecule has 1 aromatic heterocycles. The molecule has 1 saturated carbocycles. The van der Waals surface area contributed by atoms with E-state index in [-0.39, 0.29) is 0 Å². The van der Waals surface area contributed by atoms with Crippen LogP contribution in [-0.2, 0) is 6.54 Å². The first-order valence-corrected chi connectivity index (χ1v) is 9.23. The maximum Gasteiger partial charge on any atom is 0.0946 e. The van der Waals surface area contributed by atoms with Gasteiger partial charge in [0, 0.05) is 37.1 Å². The topological polar surface area (TPSA) is 33.1 Å². The lowest BCUT2D eigenvalue weighted by Gasteiger charge is -2.49. The molecule has 0 amide bonds. The fourth-order valence-electron chi connectivity index (χ4n) is 4.32. The molecule has 3 rings (SSSR count). The second-order valence-corrected chi connectivity index (χ2v) is 7.37. The Bertz CT molecular complexity index is 416. The monoisotopic (exact) mass is 304 g/mol. The molecule has 124 valence electrons. The van der Waals surface area contributed by atoms with Crippen molar-refractivity contribution in [3.63, 3.8) is 0 Å². The molecule has 2 heterocycles. The Labute approximate surface area is 135 Å². The summed E-state index contributed by atoms with van der Waals surface area (Å²) in [5.74, 6) is 0. The van der Waals surface area contributed by atoms with Gasteiger partial charge in [0.2, 0.25) is 0 Å². The van der Waals surface area contributed by atoms with Crippen LogP contribution in [0.25, 0.3) is 0 Å². The fourth-order valence-corrected chi connectivity index (χ4v) is 4.32. The van der Waals surface area contributed by atoms with Gasteiger partial charge in [-0.3, -0.25) is 4.90 Å². The van der Waals surface area contributed by atoms with E-state index in [9.17, 15) is 0 Å². The number of likely N-dealkylation sites (tertiary alicyclic amines) is 1. The van der Waals surface area contributed by atoms with Gasteiger partial charge in [-0.2, -0.15) is 0 Å². The highest BCUT2D eigenvalue weighted by Crippen LogP contribution is 2.35. The standard InChI is InChI=1S/C18H32N4/c1-17(14-21-13-10-19-16-21)20-15-18(8-4-2-5-9-18)22-11-6-3-7-12-22/h10,13,16-17,20H,2-9,11-12,14-15H2,1H3/t17-/m0/s1. The van der Waals surface area contributed by atoms with E-state index in [1.807, 2.05) is 12.5 Å². The quantitative estimate of drug-likeness (QED) is 0.877. The number of rotatable bonds is 6. The lowest BCUT2D eigenvalue weighted by Crippen LogP contribution is -2.58. The van der Waals surface area contributed by atoms with Crippen molar-refractivity contribution < 1.29 is 0 Å². The zero-order valence-corrected chi connectivity index (χ0v) is 14.1. The average molecular weight is 304 g/mol. The lowest BCUT2D eigenvalue weighted by molar-refractivity contribution is 0.0314. The SMILES string of the molecule is C[C@@H](Cn1ccnc1)NCC1(N2CCCCC2)CCCCC1. The lowest BCUT2D eigenvalue weighted by atomic mass is 9.79. The molecular formula is C18H32N4. The van der Waals surface area contributed by atoms with Gasteiger partial charge in [-0.15, -0.1) is 0 Å².